The zero-order valence-corrected chi connectivity index (χ0v) is 11.2. The molecule has 3 rings (SSSR count). The molecule has 2 unspecified atom stereocenters. The number of aliphatic hydroxyl groups is 1. The van der Waals surface area contributed by atoms with Crippen molar-refractivity contribution >= 4 is 17.3 Å². The highest BCUT2D eigenvalue weighted by atomic mass is 19.4. The molecule has 0 aromatic heterocycles. The third-order valence-electron chi connectivity index (χ3n) is 4.09. The summed E-state index contributed by atoms with van der Waals surface area (Å²) in [4.78, 5) is 13.1. The third-order valence-corrected chi connectivity index (χ3v) is 4.09. The van der Waals surface area contributed by atoms with Crippen molar-refractivity contribution in [3.8, 4) is 0 Å². The van der Waals surface area contributed by atoms with Crippen LogP contribution in [0.4, 0.5) is 24.5 Å². The van der Waals surface area contributed by atoms with Crippen molar-refractivity contribution in [2.24, 2.45) is 5.92 Å². The van der Waals surface area contributed by atoms with Gasteiger partial charge >= 0.3 is 6.18 Å². The number of carbonyl (C=O) groups excluding carboxylic acids is 1. The third kappa shape index (κ3) is 2.57. The van der Waals surface area contributed by atoms with E-state index >= 15 is 0 Å². The first-order valence-corrected chi connectivity index (χ1v) is 6.81. The van der Waals surface area contributed by atoms with Gasteiger partial charge in [0.25, 0.3) is 5.91 Å². The highest BCUT2D eigenvalue weighted by molar-refractivity contribution is 6.02. The Balaban J connectivity index is 1.82. The van der Waals surface area contributed by atoms with Crippen molar-refractivity contribution in [3.63, 3.8) is 0 Å². The Labute approximate surface area is 119 Å². The van der Waals surface area contributed by atoms with Crippen molar-refractivity contribution in [1.29, 1.82) is 0 Å². The minimum absolute atomic E-state index is 0.0706. The molecule has 0 aliphatic carbocycles. The van der Waals surface area contributed by atoms with E-state index in [4.69, 9.17) is 0 Å². The van der Waals surface area contributed by atoms with Gasteiger partial charge in [0.05, 0.1) is 5.92 Å². The number of aliphatic hydroxyl groups excluding tert-OH is 1. The topological polar surface area (TPSA) is 52.6 Å². The first-order valence-electron chi connectivity index (χ1n) is 6.81. The van der Waals surface area contributed by atoms with Crippen LogP contribution >= 0.6 is 0 Å². The van der Waals surface area contributed by atoms with Gasteiger partial charge in [-0.3, -0.25) is 4.79 Å². The molecule has 2 heterocycles. The number of halogens is 3. The van der Waals surface area contributed by atoms with Gasteiger partial charge in [0.15, 0.2) is 6.10 Å². The van der Waals surface area contributed by atoms with Crippen LogP contribution in [0.15, 0.2) is 18.2 Å². The highest BCUT2D eigenvalue weighted by Crippen LogP contribution is 2.37. The van der Waals surface area contributed by atoms with Gasteiger partial charge in [-0.05, 0) is 25.0 Å². The molecule has 7 heteroatoms. The van der Waals surface area contributed by atoms with Crippen LogP contribution in [0.3, 0.4) is 0 Å². The summed E-state index contributed by atoms with van der Waals surface area (Å²) in [6.07, 6.45) is -4.74. The average Bonchev–Trinajstić information content (AvgIpc) is 2.73. The van der Waals surface area contributed by atoms with Gasteiger partial charge in [0.2, 0.25) is 0 Å². The van der Waals surface area contributed by atoms with Crippen LogP contribution in [0.25, 0.3) is 0 Å². The second-order valence-corrected chi connectivity index (χ2v) is 5.49. The molecule has 21 heavy (non-hydrogen) atoms. The SMILES string of the molecule is O=C1Nc2cc(N3CCCC(C(F)(F)F)C3)ccc2C1O. The van der Waals surface area contributed by atoms with E-state index in [2.05, 4.69) is 5.32 Å². The number of hydrogen-bond donors (Lipinski definition) is 2. The van der Waals surface area contributed by atoms with E-state index in [0.717, 1.165) is 0 Å². The van der Waals surface area contributed by atoms with Crippen LogP contribution in [-0.2, 0) is 4.79 Å². The number of hydrogen-bond acceptors (Lipinski definition) is 3. The molecule has 2 aliphatic heterocycles. The number of rotatable bonds is 1. The first kappa shape index (κ1) is 14.2. The number of nitrogens with one attached hydrogen (secondary N) is 1. The molecule has 1 saturated heterocycles. The van der Waals surface area contributed by atoms with E-state index in [1.54, 1.807) is 23.1 Å². The number of alkyl halides is 3. The van der Waals surface area contributed by atoms with Gasteiger partial charge in [-0.25, -0.2) is 0 Å². The lowest BCUT2D eigenvalue weighted by molar-refractivity contribution is -0.176. The lowest BCUT2D eigenvalue weighted by Crippen LogP contribution is -2.41. The Kier molecular flexibility index (Phi) is 3.32. The molecule has 114 valence electrons. The van der Waals surface area contributed by atoms with Gasteiger partial charge in [-0.1, -0.05) is 6.07 Å². The zero-order chi connectivity index (χ0) is 15.2. The van der Waals surface area contributed by atoms with E-state index in [-0.39, 0.29) is 13.0 Å². The molecule has 2 atom stereocenters. The molecule has 0 bridgehead atoms. The first-order chi connectivity index (χ1) is 9.86. The maximum Gasteiger partial charge on any atom is 0.393 e. The molecular weight excluding hydrogens is 285 g/mol. The summed E-state index contributed by atoms with van der Waals surface area (Å²) in [5.74, 6) is -1.83. The summed E-state index contributed by atoms with van der Waals surface area (Å²) in [6, 6.07) is 4.87. The smallest absolute Gasteiger partial charge is 0.378 e. The molecule has 4 nitrogen and oxygen atoms in total. The van der Waals surface area contributed by atoms with Crippen molar-refractivity contribution in [2.75, 3.05) is 23.3 Å². The summed E-state index contributed by atoms with van der Waals surface area (Å²) in [5.41, 5.74) is 1.57. The van der Waals surface area contributed by atoms with Gasteiger partial charge in [0, 0.05) is 30.0 Å². The van der Waals surface area contributed by atoms with Crippen LogP contribution < -0.4 is 10.2 Å². The number of carbonyl (C=O) groups is 1. The monoisotopic (exact) mass is 300 g/mol. The molecule has 0 saturated carbocycles. The quantitative estimate of drug-likeness (QED) is 0.837. The fraction of sp³-hybridized carbons (Fsp3) is 0.500. The fourth-order valence-corrected chi connectivity index (χ4v) is 2.91. The average molecular weight is 300 g/mol. The molecule has 1 aromatic rings. The van der Waals surface area contributed by atoms with E-state index in [0.29, 0.717) is 29.9 Å². The molecule has 1 aromatic carbocycles. The molecule has 2 N–H and O–H groups in total. The number of nitrogens with zero attached hydrogens (tertiary/aromatic N) is 1. The zero-order valence-electron chi connectivity index (χ0n) is 11.2. The van der Waals surface area contributed by atoms with Crippen LogP contribution in [0.5, 0.6) is 0 Å². The van der Waals surface area contributed by atoms with Crippen molar-refractivity contribution < 1.29 is 23.1 Å². The Morgan fingerprint density at radius 3 is 2.81 bits per heavy atom. The van der Waals surface area contributed by atoms with Crippen LogP contribution in [-0.4, -0.2) is 30.3 Å². The number of fused-ring (bicyclic) bond motifs is 1. The summed E-state index contributed by atoms with van der Waals surface area (Å²) in [6.45, 7) is 0.487. The minimum atomic E-state index is -4.18. The van der Waals surface area contributed by atoms with E-state index in [9.17, 15) is 23.1 Å². The van der Waals surface area contributed by atoms with Crippen molar-refractivity contribution in [2.45, 2.75) is 25.1 Å². The maximum atomic E-state index is 12.8. The van der Waals surface area contributed by atoms with E-state index in [1.165, 1.54) is 0 Å². The van der Waals surface area contributed by atoms with Crippen LogP contribution in [0, 0.1) is 5.92 Å². The Bertz CT molecular complexity index is 574. The Morgan fingerprint density at radius 2 is 2.10 bits per heavy atom. The summed E-state index contributed by atoms with van der Waals surface area (Å²) in [5, 5.41) is 12.2. The summed E-state index contributed by atoms with van der Waals surface area (Å²) >= 11 is 0. The molecule has 1 amide bonds. The molecular formula is C14H15F3N2O2. The standard InChI is InChI=1S/C14H15F3N2O2/c15-14(16,17)8-2-1-5-19(7-8)9-3-4-10-11(6-9)18-13(21)12(10)20/h3-4,6,8,12,20H,1-2,5,7H2,(H,18,21). The molecule has 2 aliphatic rings. The van der Waals surface area contributed by atoms with Gasteiger partial charge < -0.3 is 15.3 Å². The lowest BCUT2D eigenvalue weighted by atomic mass is 9.96. The van der Waals surface area contributed by atoms with Crippen LogP contribution in [0.2, 0.25) is 0 Å². The summed E-state index contributed by atoms with van der Waals surface area (Å²) in [7, 11) is 0. The predicted octanol–water partition coefficient (Wildman–Crippen LogP) is 2.45. The Hall–Kier alpha value is -1.76. The lowest BCUT2D eigenvalue weighted by Gasteiger charge is -2.35. The Morgan fingerprint density at radius 1 is 1.33 bits per heavy atom. The minimum Gasteiger partial charge on any atom is -0.378 e. The fourth-order valence-electron chi connectivity index (χ4n) is 2.91. The van der Waals surface area contributed by atoms with Crippen LogP contribution in [0.1, 0.15) is 24.5 Å². The van der Waals surface area contributed by atoms with Gasteiger partial charge in [-0.15, -0.1) is 0 Å². The highest BCUT2D eigenvalue weighted by Gasteiger charge is 2.42. The largest absolute Gasteiger partial charge is 0.393 e. The predicted molar refractivity (Wildman–Crippen MR) is 71.0 cm³/mol. The number of amides is 1. The van der Waals surface area contributed by atoms with E-state index in [1.807, 2.05) is 0 Å². The number of piperidine rings is 1. The number of anilines is 2. The van der Waals surface area contributed by atoms with Gasteiger partial charge in [-0.2, -0.15) is 13.2 Å². The second kappa shape index (κ2) is 4.91. The normalized spacial score (nSPS) is 25.7. The molecule has 1 fully saturated rings. The summed E-state index contributed by atoms with van der Waals surface area (Å²) < 4.78 is 38.5. The van der Waals surface area contributed by atoms with E-state index < -0.39 is 24.1 Å². The maximum absolute atomic E-state index is 12.8. The molecule has 0 radical (unpaired) electrons. The van der Waals surface area contributed by atoms with Crippen molar-refractivity contribution in [3.05, 3.63) is 23.8 Å². The van der Waals surface area contributed by atoms with Gasteiger partial charge in [0.1, 0.15) is 0 Å². The second-order valence-electron chi connectivity index (χ2n) is 5.49. The van der Waals surface area contributed by atoms with Crippen molar-refractivity contribution in [1.82, 2.24) is 0 Å². The molecule has 0 spiro atoms. The number of benzene rings is 1.